The first-order valence-corrected chi connectivity index (χ1v) is 11.8. The maximum absolute atomic E-state index is 12.7. The van der Waals surface area contributed by atoms with Crippen molar-refractivity contribution < 1.29 is 27.4 Å². The summed E-state index contributed by atoms with van der Waals surface area (Å²) in [6, 6.07) is 13.9. The predicted octanol–water partition coefficient (Wildman–Crippen LogP) is 2.01. The summed E-state index contributed by atoms with van der Waals surface area (Å²) in [5, 5.41) is 2.80. The van der Waals surface area contributed by atoms with Gasteiger partial charge in [0.05, 0.1) is 18.1 Å². The number of benzene rings is 2. The number of carbonyl (C=O) groups is 1. The molecule has 2 aromatic carbocycles. The number of morpholine rings is 1. The van der Waals surface area contributed by atoms with Crippen molar-refractivity contribution in [3.63, 3.8) is 0 Å². The highest BCUT2D eigenvalue weighted by molar-refractivity contribution is 7.89. The van der Waals surface area contributed by atoms with Crippen molar-refractivity contribution in [1.29, 1.82) is 0 Å². The molecule has 32 heavy (non-hydrogen) atoms. The first kappa shape index (κ1) is 23.8. The van der Waals surface area contributed by atoms with E-state index in [4.69, 9.17) is 14.2 Å². The number of amides is 1. The van der Waals surface area contributed by atoms with Gasteiger partial charge in [-0.15, -0.1) is 0 Å². The molecule has 3 rings (SSSR count). The van der Waals surface area contributed by atoms with Crippen LogP contribution >= 0.6 is 0 Å². The zero-order chi connectivity index (χ0) is 22.8. The Morgan fingerprint density at radius 1 is 1.06 bits per heavy atom. The Morgan fingerprint density at radius 3 is 2.38 bits per heavy atom. The van der Waals surface area contributed by atoms with Crippen molar-refractivity contribution in [3.05, 3.63) is 66.7 Å². The lowest BCUT2D eigenvalue weighted by Gasteiger charge is -2.26. The van der Waals surface area contributed by atoms with Crippen molar-refractivity contribution >= 4 is 15.9 Å². The quantitative estimate of drug-likeness (QED) is 0.516. The third-order valence-electron chi connectivity index (χ3n) is 4.83. The Kier molecular flexibility index (Phi) is 8.66. The van der Waals surface area contributed by atoms with Crippen LogP contribution in [0.1, 0.15) is 5.56 Å². The summed E-state index contributed by atoms with van der Waals surface area (Å²) in [7, 11) is -3.50. The van der Waals surface area contributed by atoms with Crippen LogP contribution < -0.4 is 14.8 Å². The minimum atomic E-state index is -3.50. The van der Waals surface area contributed by atoms with Gasteiger partial charge in [0, 0.05) is 19.6 Å². The van der Waals surface area contributed by atoms with Crippen LogP contribution in [0.4, 0.5) is 0 Å². The van der Waals surface area contributed by atoms with E-state index in [0.717, 1.165) is 5.56 Å². The van der Waals surface area contributed by atoms with Crippen LogP contribution in [-0.4, -0.2) is 64.7 Å². The number of hydrogen-bond acceptors (Lipinski definition) is 6. The molecule has 0 aliphatic carbocycles. The number of rotatable bonds is 11. The van der Waals surface area contributed by atoms with Gasteiger partial charge in [0.1, 0.15) is 6.61 Å². The first-order valence-electron chi connectivity index (χ1n) is 10.4. The van der Waals surface area contributed by atoms with Crippen LogP contribution in [-0.2, 0) is 26.0 Å². The Morgan fingerprint density at radius 2 is 1.72 bits per heavy atom. The van der Waals surface area contributed by atoms with E-state index in [1.807, 2.05) is 6.07 Å². The van der Waals surface area contributed by atoms with E-state index < -0.39 is 10.0 Å². The van der Waals surface area contributed by atoms with Crippen molar-refractivity contribution in [1.82, 2.24) is 9.62 Å². The summed E-state index contributed by atoms with van der Waals surface area (Å²) in [6.07, 6.45) is 2.21. The van der Waals surface area contributed by atoms with Crippen molar-refractivity contribution in [3.8, 4) is 11.5 Å². The highest BCUT2D eigenvalue weighted by Gasteiger charge is 2.26. The van der Waals surface area contributed by atoms with Crippen LogP contribution in [0.15, 0.2) is 66.1 Å². The van der Waals surface area contributed by atoms with Crippen LogP contribution in [0.3, 0.4) is 0 Å². The summed E-state index contributed by atoms with van der Waals surface area (Å²) in [4.78, 5) is 12.4. The molecule has 0 spiro atoms. The second kappa shape index (κ2) is 11.7. The predicted molar refractivity (Wildman–Crippen MR) is 120 cm³/mol. The lowest BCUT2D eigenvalue weighted by molar-refractivity contribution is -0.123. The highest BCUT2D eigenvalue weighted by atomic mass is 32.2. The lowest BCUT2D eigenvalue weighted by atomic mass is 10.1. The summed E-state index contributed by atoms with van der Waals surface area (Å²) in [5.41, 5.74) is 0.926. The van der Waals surface area contributed by atoms with E-state index in [1.54, 1.807) is 48.5 Å². The smallest absolute Gasteiger partial charge is 0.257 e. The Bertz CT molecular complexity index is 1000. The maximum atomic E-state index is 12.7. The molecule has 0 atom stereocenters. The monoisotopic (exact) mass is 460 g/mol. The fraction of sp³-hybridized carbons (Fsp3) is 0.348. The largest absolute Gasteiger partial charge is 0.486 e. The summed E-state index contributed by atoms with van der Waals surface area (Å²) in [6.45, 7) is 5.78. The zero-order valence-electron chi connectivity index (χ0n) is 17.9. The molecular formula is C23H28N2O6S. The molecule has 1 N–H and O–H groups in total. The molecule has 8 nitrogen and oxygen atoms in total. The second-order valence-electron chi connectivity index (χ2n) is 7.10. The van der Waals surface area contributed by atoms with E-state index in [2.05, 4.69) is 11.9 Å². The molecule has 1 saturated heterocycles. The molecular weight excluding hydrogens is 432 g/mol. The van der Waals surface area contributed by atoms with Crippen LogP contribution in [0.25, 0.3) is 0 Å². The first-order chi connectivity index (χ1) is 15.5. The molecule has 0 unspecified atom stereocenters. The number of sulfonamides is 1. The SMILES string of the molecule is C=CCOc1ccccc1OCC(=O)NCCc1ccc(S(=O)(=O)N2CCOCC2)cc1. The zero-order valence-corrected chi connectivity index (χ0v) is 18.7. The normalized spacial score (nSPS) is 14.5. The fourth-order valence-corrected chi connectivity index (χ4v) is 4.55. The maximum Gasteiger partial charge on any atom is 0.257 e. The van der Waals surface area contributed by atoms with Crippen LogP contribution in [0, 0.1) is 0 Å². The van der Waals surface area contributed by atoms with Gasteiger partial charge in [-0.2, -0.15) is 4.31 Å². The molecule has 1 heterocycles. The number of nitrogens with one attached hydrogen (secondary N) is 1. The van der Waals surface area contributed by atoms with E-state index in [-0.39, 0.29) is 17.4 Å². The average molecular weight is 461 g/mol. The second-order valence-corrected chi connectivity index (χ2v) is 9.03. The Hall–Kier alpha value is -2.88. The van der Waals surface area contributed by atoms with Crippen molar-refractivity contribution in [2.75, 3.05) is 46.1 Å². The van der Waals surface area contributed by atoms with Gasteiger partial charge in [-0.25, -0.2) is 8.42 Å². The van der Waals surface area contributed by atoms with E-state index in [0.29, 0.717) is 57.4 Å². The van der Waals surface area contributed by atoms with Crippen molar-refractivity contribution in [2.45, 2.75) is 11.3 Å². The summed E-state index contributed by atoms with van der Waals surface area (Å²) in [5.74, 6) is 0.781. The number of nitrogens with zero attached hydrogens (tertiary/aromatic N) is 1. The van der Waals surface area contributed by atoms with E-state index >= 15 is 0 Å². The van der Waals surface area contributed by atoms with Gasteiger partial charge >= 0.3 is 0 Å². The molecule has 2 aromatic rings. The average Bonchev–Trinajstić information content (AvgIpc) is 2.83. The number of ether oxygens (including phenoxy) is 3. The van der Waals surface area contributed by atoms with E-state index in [9.17, 15) is 13.2 Å². The third kappa shape index (κ3) is 6.56. The molecule has 172 valence electrons. The number of para-hydroxylation sites is 2. The molecule has 0 saturated carbocycles. The van der Waals surface area contributed by atoms with E-state index in [1.165, 1.54) is 4.31 Å². The van der Waals surface area contributed by atoms with Gasteiger partial charge < -0.3 is 19.5 Å². The van der Waals surface area contributed by atoms with Crippen LogP contribution in [0.2, 0.25) is 0 Å². The van der Waals surface area contributed by atoms with Gasteiger partial charge in [0.15, 0.2) is 18.1 Å². The lowest BCUT2D eigenvalue weighted by Crippen LogP contribution is -2.40. The molecule has 1 aliphatic heterocycles. The molecule has 0 radical (unpaired) electrons. The standard InChI is InChI=1S/C23H28N2O6S/c1-2-15-30-21-5-3-4-6-22(21)31-18-23(26)24-12-11-19-7-9-20(10-8-19)32(27,28)25-13-16-29-17-14-25/h2-10H,1,11-18H2,(H,24,26). The van der Waals surface area contributed by atoms with Gasteiger partial charge in [-0.1, -0.05) is 36.9 Å². The molecule has 1 fully saturated rings. The Labute approximate surface area is 188 Å². The topological polar surface area (TPSA) is 94.2 Å². The minimum Gasteiger partial charge on any atom is -0.486 e. The van der Waals surface area contributed by atoms with Gasteiger partial charge in [0.25, 0.3) is 5.91 Å². The van der Waals surface area contributed by atoms with Crippen LogP contribution in [0.5, 0.6) is 11.5 Å². The summed E-state index contributed by atoms with van der Waals surface area (Å²) < 4.78 is 43.0. The van der Waals surface area contributed by atoms with Crippen molar-refractivity contribution in [2.24, 2.45) is 0 Å². The molecule has 0 bridgehead atoms. The molecule has 9 heteroatoms. The van der Waals surface area contributed by atoms with Gasteiger partial charge in [-0.3, -0.25) is 4.79 Å². The molecule has 1 amide bonds. The number of hydrogen-bond donors (Lipinski definition) is 1. The molecule has 0 aromatic heterocycles. The third-order valence-corrected chi connectivity index (χ3v) is 6.74. The molecule has 1 aliphatic rings. The van der Waals surface area contributed by atoms with Gasteiger partial charge in [0.2, 0.25) is 10.0 Å². The summed E-state index contributed by atoms with van der Waals surface area (Å²) >= 11 is 0. The minimum absolute atomic E-state index is 0.134. The Balaban J connectivity index is 1.44. The fourth-order valence-electron chi connectivity index (χ4n) is 3.14. The highest BCUT2D eigenvalue weighted by Crippen LogP contribution is 2.26. The number of carbonyl (C=O) groups excluding carboxylic acids is 1. The van der Waals surface area contributed by atoms with Gasteiger partial charge in [-0.05, 0) is 36.2 Å².